The Morgan fingerprint density at radius 2 is 1.67 bits per heavy atom. The normalized spacial score (nSPS) is 12.1. The average molecular weight is 380 g/mol. The van der Waals surface area contributed by atoms with Gasteiger partial charge in [0, 0.05) is 5.56 Å². The number of thiophene rings is 1. The molecule has 136 valence electrons. The monoisotopic (exact) mass is 380 g/mol. The number of benzene rings is 2. The first-order chi connectivity index (χ1) is 12.9. The van der Waals surface area contributed by atoms with Crippen LogP contribution in [0.2, 0.25) is 0 Å². The van der Waals surface area contributed by atoms with Gasteiger partial charge in [0.05, 0.1) is 10.6 Å². The molecule has 0 aliphatic heterocycles. The van der Waals surface area contributed by atoms with Crippen molar-refractivity contribution in [3.63, 3.8) is 0 Å². The van der Waals surface area contributed by atoms with E-state index in [4.69, 9.17) is 11.5 Å². The molecule has 1 heterocycles. The first-order valence-electron chi connectivity index (χ1n) is 8.29. The van der Waals surface area contributed by atoms with Crippen LogP contribution in [0, 0.1) is 0 Å². The number of rotatable bonds is 4. The minimum atomic E-state index is -0.815. The minimum absolute atomic E-state index is 0.0921. The van der Waals surface area contributed by atoms with Gasteiger partial charge in [0.2, 0.25) is 0 Å². The molecule has 4 rings (SSSR count). The lowest BCUT2D eigenvalue weighted by molar-refractivity contribution is 0.0997. The molecule has 2 aromatic carbocycles. The Morgan fingerprint density at radius 3 is 2.37 bits per heavy atom. The van der Waals surface area contributed by atoms with Crippen molar-refractivity contribution in [1.82, 2.24) is 0 Å². The highest BCUT2D eigenvalue weighted by Gasteiger charge is 2.20. The van der Waals surface area contributed by atoms with Crippen LogP contribution in [0.15, 0.2) is 36.4 Å². The molecule has 27 heavy (non-hydrogen) atoms. The van der Waals surface area contributed by atoms with E-state index in [2.05, 4.69) is 16.7 Å². The highest BCUT2D eigenvalue weighted by molar-refractivity contribution is 7.20. The fourth-order valence-electron chi connectivity index (χ4n) is 3.46. The number of nitrogens with two attached hydrogens (primary N) is 2. The van der Waals surface area contributed by atoms with E-state index in [-0.39, 0.29) is 16.5 Å². The van der Waals surface area contributed by atoms with E-state index in [1.165, 1.54) is 17.2 Å². The lowest BCUT2D eigenvalue weighted by Crippen LogP contribution is -2.21. The summed E-state index contributed by atoms with van der Waals surface area (Å²) < 4.78 is 0. The Morgan fingerprint density at radius 1 is 0.926 bits per heavy atom. The van der Waals surface area contributed by atoms with Crippen LogP contribution >= 0.6 is 11.3 Å². The second kappa shape index (κ2) is 6.40. The summed E-state index contributed by atoms with van der Waals surface area (Å²) >= 11 is 1.02. The van der Waals surface area contributed by atoms with Gasteiger partial charge in [-0.05, 0) is 46.9 Å². The number of hydrogen-bond donors (Lipinski definition) is 4. The number of aryl methyl sites for hydroxylation is 2. The second-order valence-electron chi connectivity index (χ2n) is 6.27. The molecule has 0 fully saturated rings. The SMILES string of the molecule is NC(=O)Nc1sc(NC(=O)c2ccc3c4c(cccc24)CC3)cc1C(N)=O. The molecule has 0 radical (unpaired) electrons. The third-order valence-electron chi connectivity index (χ3n) is 4.59. The van der Waals surface area contributed by atoms with Gasteiger partial charge >= 0.3 is 6.03 Å². The van der Waals surface area contributed by atoms with Crippen molar-refractivity contribution in [2.24, 2.45) is 11.5 Å². The van der Waals surface area contributed by atoms with Crippen LogP contribution in [0.25, 0.3) is 10.8 Å². The Kier molecular flexibility index (Phi) is 4.04. The lowest BCUT2D eigenvalue weighted by Gasteiger charge is -2.08. The van der Waals surface area contributed by atoms with E-state index in [9.17, 15) is 14.4 Å². The van der Waals surface area contributed by atoms with Gasteiger partial charge in [-0.1, -0.05) is 35.6 Å². The second-order valence-corrected chi connectivity index (χ2v) is 7.33. The largest absolute Gasteiger partial charge is 0.366 e. The van der Waals surface area contributed by atoms with E-state index < -0.39 is 11.9 Å². The topological polar surface area (TPSA) is 127 Å². The quantitative estimate of drug-likeness (QED) is 0.556. The van der Waals surface area contributed by atoms with E-state index >= 15 is 0 Å². The van der Waals surface area contributed by atoms with Crippen molar-refractivity contribution in [1.29, 1.82) is 0 Å². The van der Waals surface area contributed by atoms with Gasteiger partial charge in [0.1, 0.15) is 5.00 Å². The maximum Gasteiger partial charge on any atom is 0.317 e. The third kappa shape index (κ3) is 3.00. The number of anilines is 2. The van der Waals surface area contributed by atoms with Gasteiger partial charge in [0.25, 0.3) is 11.8 Å². The molecule has 0 spiro atoms. The fourth-order valence-corrected chi connectivity index (χ4v) is 4.43. The average Bonchev–Trinajstić information content (AvgIpc) is 3.20. The molecule has 4 amide bonds. The molecule has 0 unspecified atom stereocenters. The lowest BCUT2D eigenvalue weighted by atomic mass is 9.99. The van der Waals surface area contributed by atoms with E-state index in [0.717, 1.165) is 35.0 Å². The number of carbonyl (C=O) groups is 3. The summed E-state index contributed by atoms with van der Waals surface area (Å²) in [5, 5.41) is 7.76. The molecule has 0 atom stereocenters. The van der Waals surface area contributed by atoms with E-state index in [1.54, 1.807) is 0 Å². The molecule has 0 saturated heterocycles. The van der Waals surface area contributed by atoms with Crippen LogP contribution in [0.1, 0.15) is 31.8 Å². The molecule has 1 aliphatic rings. The zero-order chi connectivity index (χ0) is 19.1. The first kappa shape index (κ1) is 17.0. The molecular formula is C19H16N4O3S. The van der Waals surface area contributed by atoms with Gasteiger partial charge in [0.15, 0.2) is 0 Å². The van der Waals surface area contributed by atoms with Crippen LogP contribution in [0.5, 0.6) is 0 Å². The first-order valence-corrected chi connectivity index (χ1v) is 9.10. The predicted octanol–water partition coefficient (Wildman–Crippen LogP) is 2.84. The summed E-state index contributed by atoms with van der Waals surface area (Å²) in [5.41, 5.74) is 13.6. The summed E-state index contributed by atoms with van der Waals surface area (Å²) in [7, 11) is 0. The number of hydrogen-bond acceptors (Lipinski definition) is 4. The maximum absolute atomic E-state index is 12.9. The molecule has 1 aliphatic carbocycles. The van der Waals surface area contributed by atoms with Gasteiger partial charge in [-0.15, -0.1) is 0 Å². The maximum atomic E-state index is 12.9. The summed E-state index contributed by atoms with van der Waals surface area (Å²) in [6.45, 7) is 0. The number of carbonyl (C=O) groups excluding carboxylic acids is 3. The number of nitrogens with one attached hydrogen (secondary N) is 2. The van der Waals surface area contributed by atoms with Crippen molar-refractivity contribution in [3.05, 3.63) is 58.7 Å². The highest BCUT2D eigenvalue weighted by Crippen LogP contribution is 2.35. The third-order valence-corrected chi connectivity index (χ3v) is 5.56. The number of primary amides is 2. The number of amides is 4. The van der Waals surface area contributed by atoms with E-state index in [0.29, 0.717) is 10.6 Å². The number of urea groups is 1. The zero-order valence-electron chi connectivity index (χ0n) is 14.2. The molecular weight excluding hydrogens is 364 g/mol. The highest BCUT2D eigenvalue weighted by atomic mass is 32.1. The Balaban J connectivity index is 1.69. The van der Waals surface area contributed by atoms with Gasteiger partial charge in [-0.2, -0.15) is 0 Å². The zero-order valence-corrected chi connectivity index (χ0v) is 15.0. The van der Waals surface area contributed by atoms with Crippen molar-refractivity contribution in [3.8, 4) is 0 Å². The molecule has 7 nitrogen and oxygen atoms in total. The van der Waals surface area contributed by atoms with Gasteiger partial charge in [-0.3, -0.25) is 14.9 Å². The van der Waals surface area contributed by atoms with Gasteiger partial charge in [-0.25, -0.2) is 4.79 Å². The van der Waals surface area contributed by atoms with Crippen LogP contribution in [-0.2, 0) is 12.8 Å². The summed E-state index contributed by atoms with van der Waals surface area (Å²) in [6, 6.07) is 10.4. The Labute approximate surface area is 158 Å². The predicted molar refractivity (Wildman–Crippen MR) is 105 cm³/mol. The summed E-state index contributed by atoms with van der Waals surface area (Å²) in [6.07, 6.45) is 1.96. The minimum Gasteiger partial charge on any atom is -0.366 e. The smallest absolute Gasteiger partial charge is 0.317 e. The molecule has 1 aromatic heterocycles. The van der Waals surface area contributed by atoms with Crippen molar-refractivity contribution in [2.75, 3.05) is 10.6 Å². The Bertz CT molecular complexity index is 1110. The molecule has 6 N–H and O–H groups in total. The molecule has 0 bridgehead atoms. The van der Waals surface area contributed by atoms with Crippen LogP contribution in [-0.4, -0.2) is 17.8 Å². The van der Waals surface area contributed by atoms with Crippen molar-refractivity contribution >= 4 is 50.0 Å². The standard InChI is InChI=1S/C19H16N4O3S/c20-16(24)13-8-14(27-18(13)23-19(21)26)22-17(25)12-7-6-10-5-4-9-2-1-3-11(12)15(9)10/h1-3,6-8H,4-5H2,(H2,20,24)(H,22,25)(H3,21,23,26). The molecule has 0 saturated carbocycles. The van der Waals surface area contributed by atoms with Crippen molar-refractivity contribution < 1.29 is 14.4 Å². The fraction of sp³-hybridized carbons (Fsp3) is 0.105. The summed E-state index contributed by atoms with van der Waals surface area (Å²) in [5.74, 6) is -1.02. The van der Waals surface area contributed by atoms with Gasteiger partial charge < -0.3 is 16.8 Å². The van der Waals surface area contributed by atoms with E-state index in [1.807, 2.05) is 24.3 Å². The van der Waals surface area contributed by atoms with Crippen LogP contribution < -0.4 is 22.1 Å². The molecule has 8 heteroatoms. The van der Waals surface area contributed by atoms with Crippen molar-refractivity contribution in [2.45, 2.75) is 12.8 Å². The van der Waals surface area contributed by atoms with Crippen LogP contribution in [0.4, 0.5) is 14.8 Å². The Hall–Kier alpha value is -3.39. The summed E-state index contributed by atoms with van der Waals surface area (Å²) in [4.78, 5) is 35.5. The van der Waals surface area contributed by atoms with Crippen LogP contribution in [0.3, 0.4) is 0 Å². The molecule has 3 aromatic rings.